The van der Waals surface area contributed by atoms with Crippen LogP contribution in [0.3, 0.4) is 0 Å². The second kappa shape index (κ2) is 8.70. The topological polar surface area (TPSA) is 146 Å². The van der Waals surface area contributed by atoms with E-state index in [1.165, 1.54) is 29.2 Å². The highest BCUT2D eigenvalue weighted by atomic mass is 79.9. The largest absolute Gasteiger partial charge is 0.324 e. The van der Waals surface area contributed by atoms with Gasteiger partial charge < -0.3 is 0 Å². The van der Waals surface area contributed by atoms with Gasteiger partial charge in [-0.1, -0.05) is 39.4 Å². The maximum Gasteiger partial charge on any atom is 0.324 e. The zero-order chi connectivity index (χ0) is 21.0. The number of nitrogens with one attached hydrogen (secondary N) is 1. The molecule has 11 nitrogen and oxygen atoms in total. The second-order valence-corrected chi connectivity index (χ2v) is 7.59. The first kappa shape index (κ1) is 20.3. The number of thiophene rings is 1. The smallest absolute Gasteiger partial charge is 0.265 e. The van der Waals surface area contributed by atoms with Crippen molar-refractivity contribution in [1.29, 1.82) is 0 Å². The van der Waals surface area contributed by atoms with Gasteiger partial charge in [0, 0.05) is 10.5 Å². The third-order valence-corrected chi connectivity index (χ3v) is 5.06. The first-order chi connectivity index (χ1) is 13.8. The minimum Gasteiger partial charge on any atom is -0.265 e. The predicted molar refractivity (Wildman–Crippen MR) is 108 cm³/mol. The number of nitro groups is 2. The molecule has 0 atom stereocenters. The van der Waals surface area contributed by atoms with E-state index >= 15 is 0 Å². The standard InChI is InChI=1S/C16H11BrN6O5S/c17-11-3-1-10(2-4-11)8-21-9-13(22(25)26)15(20-21)16(24)19-18-7-12-5-6-14(29-12)23(27)28/h1-7,9H,8H2,(H,19,24)/b18-7-. The molecular weight excluding hydrogens is 468 g/mol. The van der Waals surface area contributed by atoms with Gasteiger partial charge in [-0.2, -0.15) is 10.2 Å². The van der Waals surface area contributed by atoms with Gasteiger partial charge in [0.15, 0.2) is 0 Å². The zero-order valence-electron chi connectivity index (χ0n) is 14.4. The molecule has 0 aliphatic rings. The number of halogens is 1. The molecule has 0 saturated heterocycles. The van der Waals surface area contributed by atoms with E-state index in [4.69, 9.17) is 0 Å². The lowest BCUT2D eigenvalue weighted by Crippen LogP contribution is -2.19. The van der Waals surface area contributed by atoms with Crippen LogP contribution >= 0.6 is 27.3 Å². The van der Waals surface area contributed by atoms with Crippen molar-refractivity contribution in [3.05, 3.63) is 83.4 Å². The molecule has 3 rings (SSSR count). The minimum absolute atomic E-state index is 0.0694. The van der Waals surface area contributed by atoms with Gasteiger partial charge >= 0.3 is 10.7 Å². The van der Waals surface area contributed by atoms with Crippen LogP contribution in [0.5, 0.6) is 0 Å². The fourth-order valence-corrected chi connectivity index (χ4v) is 3.24. The van der Waals surface area contributed by atoms with Crippen molar-refractivity contribution < 1.29 is 14.6 Å². The van der Waals surface area contributed by atoms with Crippen LogP contribution in [0.4, 0.5) is 10.7 Å². The summed E-state index contributed by atoms with van der Waals surface area (Å²) in [5, 5.41) is 29.5. The third-order valence-electron chi connectivity index (χ3n) is 3.56. The molecule has 1 aromatic carbocycles. The van der Waals surface area contributed by atoms with Crippen LogP contribution in [0, 0.1) is 20.2 Å². The predicted octanol–water partition coefficient (Wildman–Crippen LogP) is 3.34. The number of hydrogen-bond acceptors (Lipinski definition) is 8. The molecule has 2 heterocycles. The van der Waals surface area contributed by atoms with E-state index in [0.717, 1.165) is 21.4 Å². The number of amides is 1. The Labute approximate surface area is 175 Å². The highest BCUT2D eigenvalue weighted by Crippen LogP contribution is 2.22. The first-order valence-corrected chi connectivity index (χ1v) is 9.48. The fraction of sp³-hybridized carbons (Fsp3) is 0.0625. The molecule has 13 heteroatoms. The van der Waals surface area contributed by atoms with Crippen molar-refractivity contribution >= 4 is 50.1 Å². The van der Waals surface area contributed by atoms with Crippen molar-refractivity contribution in [3.63, 3.8) is 0 Å². The normalized spacial score (nSPS) is 10.9. The van der Waals surface area contributed by atoms with Gasteiger partial charge in [-0.15, -0.1) is 0 Å². The molecule has 0 aliphatic carbocycles. The van der Waals surface area contributed by atoms with Crippen molar-refractivity contribution in [1.82, 2.24) is 15.2 Å². The van der Waals surface area contributed by atoms with Crippen LogP contribution < -0.4 is 5.43 Å². The molecule has 0 unspecified atom stereocenters. The van der Waals surface area contributed by atoms with Crippen LogP contribution in [0.2, 0.25) is 0 Å². The summed E-state index contributed by atoms with van der Waals surface area (Å²) in [6.07, 6.45) is 2.38. The van der Waals surface area contributed by atoms with Gasteiger partial charge in [0.1, 0.15) is 6.20 Å². The van der Waals surface area contributed by atoms with E-state index in [2.05, 4.69) is 31.6 Å². The molecule has 0 fully saturated rings. The van der Waals surface area contributed by atoms with Gasteiger partial charge in [-0.25, -0.2) is 5.43 Å². The Kier molecular flexibility index (Phi) is 6.09. The maximum absolute atomic E-state index is 12.3. The lowest BCUT2D eigenvalue weighted by Gasteiger charge is -2.01. The van der Waals surface area contributed by atoms with Gasteiger partial charge in [0.25, 0.3) is 5.91 Å². The van der Waals surface area contributed by atoms with E-state index in [1.807, 2.05) is 24.3 Å². The summed E-state index contributed by atoms with van der Waals surface area (Å²) in [5.74, 6) is -0.867. The molecule has 1 N–H and O–H groups in total. The van der Waals surface area contributed by atoms with E-state index in [9.17, 15) is 25.0 Å². The van der Waals surface area contributed by atoms with Gasteiger partial charge in [0.2, 0.25) is 5.69 Å². The minimum atomic E-state index is -0.867. The lowest BCUT2D eigenvalue weighted by atomic mass is 10.2. The summed E-state index contributed by atoms with van der Waals surface area (Å²) in [6.45, 7) is 0.240. The van der Waals surface area contributed by atoms with Gasteiger partial charge in [-0.05, 0) is 23.8 Å². The number of aromatic nitrogens is 2. The van der Waals surface area contributed by atoms with E-state index in [1.54, 1.807) is 0 Å². The van der Waals surface area contributed by atoms with Crippen LogP contribution in [0.1, 0.15) is 20.9 Å². The molecule has 0 bridgehead atoms. The average Bonchev–Trinajstić information content (AvgIpc) is 3.31. The number of benzene rings is 1. The number of hydrazone groups is 1. The number of rotatable bonds is 7. The summed E-state index contributed by atoms with van der Waals surface area (Å²) in [4.78, 5) is 33.4. The Bertz CT molecular complexity index is 1110. The average molecular weight is 479 g/mol. The molecule has 1 amide bonds. The number of carbonyl (C=O) groups is 1. The highest BCUT2D eigenvalue weighted by molar-refractivity contribution is 9.10. The van der Waals surface area contributed by atoms with Crippen molar-refractivity contribution in [2.75, 3.05) is 0 Å². The lowest BCUT2D eigenvalue weighted by molar-refractivity contribution is -0.385. The summed E-state index contributed by atoms with van der Waals surface area (Å²) >= 11 is 4.20. The molecule has 0 saturated carbocycles. The molecule has 3 aromatic rings. The van der Waals surface area contributed by atoms with E-state index in [0.29, 0.717) is 4.88 Å². The molecular formula is C16H11BrN6O5S. The SMILES string of the molecule is O=C(N/N=C\c1ccc([N+](=O)[O-])s1)c1nn(Cc2ccc(Br)cc2)cc1[N+](=O)[O-]. The Morgan fingerprint density at radius 1 is 1.21 bits per heavy atom. The molecule has 29 heavy (non-hydrogen) atoms. The molecule has 0 radical (unpaired) electrons. The van der Waals surface area contributed by atoms with Crippen LogP contribution in [-0.4, -0.2) is 31.7 Å². The number of carbonyl (C=O) groups excluding carboxylic acids is 1. The Balaban J connectivity index is 1.73. The molecule has 0 aliphatic heterocycles. The van der Waals surface area contributed by atoms with Crippen LogP contribution in [-0.2, 0) is 6.54 Å². The Morgan fingerprint density at radius 2 is 1.93 bits per heavy atom. The number of hydrogen-bond donors (Lipinski definition) is 1. The summed E-state index contributed by atoms with van der Waals surface area (Å²) in [7, 11) is 0. The van der Waals surface area contributed by atoms with Crippen molar-refractivity contribution in [3.8, 4) is 0 Å². The molecule has 2 aromatic heterocycles. The third kappa shape index (κ3) is 5.08. The quantitative estimate of drug-likeness (QED) is 0.313. The molecule has 148 valence electrons. The van der Waals surface area contributed by atoms with E-state index < -0.39 is 21.4 Å². The summed E-state index contributed by atoms with van der Waals surface area (Å²) < 4.78 is 2.18. The fourth-order valence-electron chi connectivity index (χ4n) is 2.28. The monoisotopic (exact) mass is 478 g/mol. The van der Waals surface area contributed by atoms with Crippen LogP contribution in [0.25, 0.3) is 0 Å². The van der Waals surface area contributed by atoms with Crippen molar-refractivity contribution in [2.45, 2.75) is 6.54 Å². The summed E-state index contributed by atoms with van der Waals surface area (Å²) in [6, 6.07) is 10.1. The maximum atomic E-state index is 12.3. The van der Waals surface area contributed by atoms with Crippen LogP contribution in [0.15, 0.2) is 52.2 Å². The van der Waals surface area contributed by atoms with Gasteiger partial charge in [-0.3, -0.25) is 29.7 Å². The molecule has 0 spiro atoms. The number of nitrogens with zero attached hydrogens (tertiary/aromatic N) is 5. The Hall–Kier alpha value is -3.45. The van der Waals surface area contributed by atoms with Gasteiger partial charge in [0.05, 0.1) is 27.5 Å². The van der Waals surface area contributed by atoms with E-state index in [-0.39, 0.29) is 17.2 Å². The van der Waals surface area contributed by atoms with Crippen molar-refractivity contribution in [2.24, 2.45) is 5.10 Å². The second-order valence-electron chi connectivity index (χ2n) is 5.58. The zero-order valence-corrected chi connectivity index (χ0v) is 16.8. The summed E-state index contributed by atoms with van der Waals surface area (Å²) in [5.41, 5.74) is 2.14. The highest BCUT2D eigenvalue weighted by Gasteiger charge is 2.25. The Morgan fingerprint density at radius 3 is 2.55 bits per heavy atom. The first-order valence-electron chi connectivity index (χ1n) is 7.87.